The van der Waals surface area contributed by atoms with E-state index in [1.807, 2.05) is 0 Å². The first-order valence-electron chi connectivity index (χ1n) is 3.09. The van der Waals surface area contributed by atoms with Gasteiger partial charge >= 0.3 is 0 Å². The highest BCUT2D eigenvalue weighted by Gasteiger charge is 1.99. The third kappa shape index (κ3) is 9.61. The number of ether oxygens (including phenoxy) is 1. The third-order valence-electron chi connectivity index (χ3n) is 0.761. The number of hydrogen-bond donors (Lipinski definition) is 0. The summed E-state index contributed by atoms with van der Waals surface area (Å²) in [6.45, 7) is 4.16. The first kappa shape index (κ1) is 10.6. The molecule has 0 rings (SSSR count). The van der Waals surface area contributed by atoms with Crippen molar-refractivity contribution in [3.05, 3.63) is 12.7 Å². The summed E-state index contributed by atoms with van der Waals surface area (Å²) in [6.07, 6.45) is 2.58. The molecule has 0 heterocycles. The van der Waals surface area contributed by atoms with E-state index in [-0.39, 0.29) is 13.2 Å². The van der Waals surface area contributed by atoms with E-state index in [4.69, 9.17) is 4.74 Å². The van der Waals surface area contributed by atoms with Crippen LogP contribution in [-0.4, -0.2) is 34.5 Å². The van der Waals surface area contributed by atoms with Crippen molar-refractivity contribution in [3.63, 3.8) is 0 Å². The van der Waals surface area contributed by atoms with Crippen LogP contribution in [0.1, 0.15) is 0 Å². The van der Waals surface area contributed by atoms with Crippen LogP contribution >= 0.6 is 0 Å². The normalized spacial score (nSPS) is 11.4. The zero-order valence-electron chi connectivity index (χ0n) is 6.45. The highest BCUT2D eigenvalue weighted by atomic mass is 32.2. The molecule has 0 saturated carbocycles. The van der Waals surface area contributed by atoms with E-state index in [0.717, 1.165) is 6.26 Å². The second-order valence-corrected chi connectivity index (χ2v) is 3.53. The van der Waals surface area contributed by atoms with Gasteiger partial charge in [0, 0.05) is 0 Å². The Bertz CT molecular complexity index is 195. The van der Waals surface area contributed by atoms with Crippen LogP contribution in [0.2, 0.25) is 0 Å². The first-order valence-corrected chi connectivity index (χ1v) is 4.91. The maximum atomic E-state index is 10.4. The molecular formula is C6H12O4S. The average Bonchev–Trinajstić information content (AvgIpc) is 1.85. The third-order valence-corrected chi connectivity index (χ3v) is 1.36. The lowest BCUT2D eigenvalue weighted by Gasteiger charge is -2.00. The fourth-order valence-corrected chi connectivity index (χ4v) is 0.782. The van der Waals surface area contributed by atoms with Crippen molar-refractivity contribution in [2.45, 2.75) is 0 Å². The predicted molar refractivity (Wildman–Crippen MR) is 41.8 cm³/mol. The monoisotopic (exact) mass is 180 g/mol. The Labute approximate surface area is 66.9 Å². The zero-order chi connectivity index (χ0) is 8.74. The molecular weight excluding hydrogens is 168 g/mol. The maximum Gasteiger partial charge on any atom is 0.264 e. The van der Waals surface area contributed by atoms with Crippen LogP contribution in [-0.2, 0) is 19.0 Å². The molecule has 11 heavy (non-hydrogen) atoms. The topological polar surface area (TPSA) is 52.6 Å². The van der Waals surface area contributed by atoms with Crippen LogP contribution in [0.4, 0.5) is 0 Å². The molecule has 0 aromatic rings. The van der Waals surface area contributed by atoms with Crippen LogP contribution in [0.5, 0.6) is 0 Å². The SMILES string of the molecule is C=CCOCCOS(C)(=O)=O. The number of rotatable bonds is 6. The number of hydrogen-bond acceptors (Lipinski definition) is 4. The van der Waals surface area contributed by atoms with Crippen molar-refractivity contribution in [1.29, 1.82) is 0 Å². The Kier molecular flexibility index (Phi) is 5.10. The molecule has 0 bridgehead atoms. The molecule has 0 aromatic heterocycles. The Balaban J connectivity index is 3.22. The van der Waals surface area contributed by atoms with Gasteiger partial charge in [0.25, 0.3) is 10.1 Å². The summed E-state index contributed by atoms with van der Waals surface area (Å²) in [7, 11) is -3.32. The molecule has 0 unspecified atom stereocenters. The van der Waals surface area contributed by atoms with E-state index in [1.54, 1.807) is 6.08 Å². The molecule has 0 atom stereocenters. The van der Waals surface area contributed by atoms with Gasteiger partial charge in [-0.25, -0.2) is 0 Å². The Morgan fingerprint density at radius 2 is 2.09 bits per heavy atom. The smallest absolute Gasteiger partial charge is 0.264 e. The van der Waals surface area contributed by atoms with Gasteiger partial charge in [0.1, 0.15) is 0 Å². The highest BCUT2D eigenvalue weighted by Crippen LogP contribution is 1.86. The minimum Gasteiger partial charge on any atom is -0.375 e. The molecule has 0 fully saturated rings. The van der Waals surface area contributed by atoms with Gasteiger partial charge in [-0.2, -0.15) is 8.42 Å². The lowest BCUT2D eigenvalue weighted by molar-refractivity contribution is 0.124. The van der Waals surface area contributed by atoms with Crippen molar-refractivity contribution in [3.8, 4) is 0 Å². The molecule has 0 aromatic carbocycles. The van der Waals surface area contributed by atoms with E-state index in [2.05, 4.69) is 10.8 Å². The lowest BCUT2D eigenvalue weighted by atomic mass is 10.7. The van der Waals surface area contributed by atoms with Gasteiger partial charge in [0.15, 0.2) is 0 Å². The summed E-state index contributed by atoms with van der Waals surface area (Å²) in [5.74, 6) is 0. The van der Waals surface area contributed by atoms with Crippen LogP contribution in [0.3, 0.4) is 0 Å². The molecule has 0 N–H and O–H groups in total. The molecule has 0 saturated heterocycles. The summed E-state index contributed by atoms with van der Waals surface area (Å²) < 4.78 is 30.0. The van der Waals surface area contributed by atoms with Crippen LogP contribution < -0.4 is 0 Å². The molecule has 66 valence electrons. The highest BCUT2D eigenvalue weighted by molar-refractivity contribution is 7.85. The van der Waals surface area contributed by atoms with Crippen LogP contribution in [0, 0.1) is 0 Å². The second-order valence-electron chi connectivity index (χ2n) is 1.89. The molecule has 0 radical (unpaired) electrons. The molecule has 0 spiro atoms. The minimum atomic E-state index is -3.32. The maximum absolute atomic E-state index is 10.4. The van der Waals surface area contributed by atoms with Gasteiger partial charge in [-0.05, 0) is 0 Å². The second kappa shape index (κ2) is 5.29. The summed E-state index contributed by atoms with van der Waals surface area (Å²) in [6, 6.07) is 0. The predicted octanol–water partition coefficient (Wildman–Crippen LogP) is 0.165. The van der Waals surface area contributed by atoms with Crippen molar-refractivity contribution in [2.75, 3.05) is 26.1 Å². The van der Waals surface area contributed by atoms with Gasteiger partial charge in [-0.3, -0.25) is 4.18 Å². The van der Waals surface area contributed by atoms with Gasteiger partial charge in [-0.1, -0.05) is 6.08 Å². The molecule has 0 aliphatic carbocycles. The summed E-state index contributed by atoms with van der Waals surface area (Å²) in [5, 5.41) is 0. The Morgan fingerprint density at radius 1 is 1.45 bits per heavy atom. The van der Waals surface area contributed by atoms with Crippen molar-refractivity contribution < 1.29 is 17.3 Å². The molecule has 0 amide bonds. The fraction of sp³-hybridized carbons (Fsp3) is 0.667. The minimum absolute atomic E-state index is 0.0622. The summed E-state index contributed by atoms with van der Waals surface area (Å²) in [4.78, 5) is 0. The van der Waals surface area contributed by atoms with Gasteiger partial charge in [-0.15, -0.1) is 6.58 Å². The van der Waals surface area contributed by atoms with E-state index >= 15 is 0 Å². The average molecular weight is 180 g/mol. The van der Waals surface area contributed by atoms with Crippen LogP contribution in [0.25, 0.3) is 0 Å². The van der Waals surface area contributed by atoms with Crippen molar-refractivity contribution in [2.24, 2.45) is 0 Å². The van der Waals surface area contributed by atoms with E-state index in [1.165, 1.54) is 0 Å². The lowest BCUT2D eigenvalue weighted by Crippen LogP contribution is -2.09. The van der Waals surface area contributed by atoms with Gasteiger partial charge in [0.05, 0.1) is 26.1 Å². The quantitative estimate of drug-likeness (QED) is 0.332. The van der Waals surface area contributed by atoms with Crippen LogP contribution in [0.15, 0.2) is 12.7 Å². The first-order chi connectivity index (χ1) is 5.06. The molecule has 5 heteroatoms. The zero-order valence-corrected chi connectivity index (χ0v) is 7.26. The van der Waals surface area contributed by atoms with E-state index in [0.29, 0.717) is 6.61 Å². The Hall–Kier alpha value is -0.390. The van der Waals surface area contributed by atoms with Crippen molar-refractivity contribution >= 4 is 10.1 Å². The Morgan fingerprint density at radius 3 is 2.55 bits per heavy atom. The summed E-state index contributed by atoms with van der Waals surface area (Å²) in [5.41, 5.74) is 0. The van der Waals surface area contributed by atoms with Crippen molar-refractivity contribution in [1.82, 2.24) is 0 Å². The fourth-order valence-electron chi connectivity index (χ4n) is 0.411. The standard InChI is InChI=1S/C6H12O4S/c1-3-4-9-5-6-10-11(2,7)8/h3H,1,4-6H2,2H3. The molecule has 0 aliphatic rings. The largest absolute Gasteiger partial charge is 0.375 e. The van der Waals surface area contributed by atoms with E-state index in [9.17, 15) is 8.42 Å². The van der Waals surface area contributed by atoms with E-state index < -0.39 is 10.1 Å². The summed E-state index contributed by atoms with van der Waals surface area (Å²) >= 11 is 0. The molecule has 0 aliphatic heterocycles. The van der Waals surface area contributed by atoms with Gasteiger partial charge < -0.3 is 4.74 Å². The molecule has 4 nitrogen and oxygen atoms in total. The van der Waals surface area contributed by atoms with Gasteiger partial charge in [0.2, 0.25) is 0 Å².